The topological polar surface area (TPSA) is 20.2 Å². The second kappa shape index (κ2) is 8.28. The summed E-state index contributed by atoms with van der Waals surface area (Å²) in [5, 5.41) is 8.33. The number of halogens is 17. The van der Waals surface area contributed by atoms with E-state index in [0.717, 1.165) is 0 Å². The van der Waals surface area contributed by atoms with Crippen molar-refractivity contribution >= 4 is 0 Å². The summed E-state index contributed by atoms with van der Waals surface area (Å²) in [4.78, 5) is 0. The Labute approximate surface area is 161 Å². The van der Waals surface area contributed by atoms with Gasteiger partial charge in [0.15, 0.2) is 0 Å². The smallest absolute Gasteiger partial charge is 0.396 e. The van der Waals surface area contributed by atoms with Crippen LogP contribution < -0.4 is 0 Å². The zero-order chi connectivity index (χ0) is 25.5. The lowest BCUT2D eigenvalue weighted by atomic mass is 9.88. The zero-order valence-corrected chi connectivity index (χ0v) is 14.4. The molecule has 0 saturated carbocycles. The van der Waals surface area contributed by atoms with Crippen molar-refractivity contribution in [2.75, 3.05) is 6.61 Å². The molecular weight excluding hydrogens is 495 g/mol. The van der Waals surface area contributed by atoms with Crippen molar-refractivity contribution in [2.24, 2.45) is 0 Å². The number of aliphatic hydroxyl groups excluding tert-OH is 1. The van der Waals surface area contributed by atoms with Gasteiger partial charge in [-0.1, -0.05) is 6.42 Å². The lowest BCUT2D eigenvalue weighted by Crippen LogP contribution is -2.74. The SMILES string of the molecule is OCCCCCC(F)(F)C(F)(F)C(F)(F)C(F)(F)C(F)(F)C(F)(F)C(F)(F)C(F)(F)F. The monoisotopic (exact) mass is 506 g/mol. The summed E-state index contributed by atoms with van der Waals surface area (Å²) in [5.74, 6) is -56.0. The maximum Gasteiger partial charge on any atom is 0.460 e. The Hall–Kier alpha value is -1.23. The van der Waals surface area contributed by atoms with Crippen LogP contribution in [0.25, 0.3) is 0 Å². The summed E-state index contributed by atoms with van der Waals surface area (Å²) in [6.45, 7) is -0.731. The molecule has 31 heavy (non-hydrogen) atoms. The Bertz CT molecular complexity index is 606. The first kappa shape index (κ1) is 29.8. The molecular formula is C13H11F17O. The minimum Gasteiger partial charge on any atom is -0.396 e. The molecule has 0 radical (unpaired) electrons. The van der Waals surface area contributed by atoms with E-state index in [1.54, 1.807) is 0 Å². The van der Waals surface area contributed by atoms with Gasteiger partial charge < -0.3 is 5.11 Å². The van der Waals surface area contributed by atoms with Gasteiger partial charge in [-0.25, -0.2) is 0 Å². The molecule has 1 N–H and O–H groups in total. The summed E-state index contributed by atoms with van der Waals surface area (Å²) in [6.07, 6.45) is -12.4. The molecule has 0 aromatic rings. The summed E-state index contributed by atoms with van der Waals surface area (Å²) >= 11 is 0. The minimum atomic E-state index is -8.60. The van der Waals surface area contributed by atoms with Crippen molar-refractivity contribution < 1.29 is 79.7 Å². The van der Waals surface area contributed by atoms with Crippen LogP contribution in [0.3, 0.4) is 0 Å². The van der Waals surface area contributed by atoms with Gasteiger partial charge in [0.25, 0.3) is 0 Å². The third-order valence-corrected chi connectivity index (χ3v) is 3.94. The fraction of sp³-hybridized carbons (Fsp3) is 1.00. The van der Waals surface area contributed by atoms with Gasteiger partial charge in [0.05, 0.1) is 0 Å². The summed E-state index contributed by atoms with van der Waals surface area (Å²) in [7, 11) is 0. The van der Waals surface area contributed by atoms with Gasteiger partial charge in [-0.3, -0.25) is 0 Å². The molecule has 0 aliphatic carbocycles. The van der Waals surface area contributed by atoms with Gasteiger partial charge in [0.2, 0.25) is 0 Å². The Morgan fingerprint density at radius 2 is 0.710 bits per heavy atom. The number of unbranched alkanes of at least 4 members (excludes halogenated alkanes) is 2. The van der Waals surface area contributed by atoms with Gasteiger partial charge in [0, 0.05) is 13.0 Å². The van der Waals surface area contributed by atoms with Crippen molar-refractivity contribution in [3.63, 3.8) is 0 Å². The largest absolute Gasteiger partial charge is 0.460 e. The molecule has 0 atom stereocenters. The first-order valence-corrected chi connectivity index (χ1v) is 7.63. The van der Waals surface area contributed by atoms with Crippen molar-refractivity contribution in [3.8, 4) is 0 Å². The zero-order valence-electron chi connectivity index (χ0n) is 14.4. The molecule has 0 aromatic carbocycles. The van der Waals surface area contributed by atoms with Crippen LogP contribution in [0, 0.1) is 0 Å². The average molecular weight is 506 g/mol. The Balaban J connectivity index is 6.37. The standard InChI is InChI=1S/C13H11F17O/c14-6(15,4-2-1-3-5-31)7(16,17)8(18,19)9(20,21)10(22,23)11(24,25)12(26,27)13(28,29)30/h31H,1-5H2. The maximum atomic E-state index is 13.4. The van der Waals surface area contributed by atoms with Gasteiger partial charge >= 0.3 is 47.6 Å². The molecule has 0 aromatic heterocycles. The Morgan fingerprint density at radius 1 is 0.387 bits per heavy atom. The van der Waals surface area contributed by atoms with E-state index in [1.807, 2.05) is 0 Å². The van der Waals surface area contributed by atoms with Crippen LogP contribution in [0.2, 0.25) is 0 Å². The Morgan fingerprint density at radius 3 is 1.03 bits per heavy atom. The van der Waals surface area contributed by atoms with E-state index in [2.05, 4.69) is 0 Å². The number of alkyl halides is 17. The van der Waals surface area contributed by atoms with E-state index in [9.17, 15) is 74.6 Å². The van der Waals surface area contributed by atoms with Crippen molar-refractivity contribution in [2.45, 2.75) is 73.3 Å². The van der Waals surface area contributed by atoms with E-state index < -0.39 is 79.9 Å². The van der Waals surface area contributed by atoms with Gasteiger partial charge in [-0.2, -0.15) is 74.6 Å². The Kier molecular flexibility index (Phi) is 7.95. The number of hydrogen-bond donors (Lipinski definition) is 1. The number of hydrogen-bond acceptors (Lipinski definition) is 1. The van der Waals surface area contributed by atoms with Crippen LogP contribution in [-0.2, 0) is 0 Å². The van der Waals surface area contributed by atoms with Crippen molar-refractivity contribution in [3.05, 3.63) is 0 Å². The van der Waals surface area contributed by atoms with Crippen LogP contribution >= 0.6 is 0 Å². The molecule has 0 heterocycles. The maximum absolute atomic E-state index is 13.4. The third-order valence-electron chi connectivity index (χ3n) is 3.94. The summed E-state index contributed by atoms with van der Waals surface area (Å²) in [5.41, 5.74) is 0. The fourth-order valence-corrected chi connectivity index (χ4v) is 1.99. The normalized spacial score (nSPS) is 16.1. The predicted molar refractivity (Wildman–Crippen MR) is 66.2 cm³/mol. The molecule has 0 spiro atoms. The molecule has 188 valence electrons. The molecule has 18 heteroatoms. The second-order valence-electron chi connectivity index (χ2n) is 6.18. The molecule has 0 rings (SSSR count). The van der Waals surface area contributed by atoms with Crippen LogP contribution in [0.1, 0.15) is 25.7 Å². The van der Waals surface area contributed by atoms with E-state index in [1.165, 1.54) is 0 Å². The van der Waals surface area contributed by atoms with Gasteiger partial charge in [-0.15, -0.1) is 0 Å². The lowest BCUT2D eigenvalue weighted by molar-refractivity contribution is -0.461. The molecule has 1 nitrogen and oxygen atoms in total. The molecule has 0 aliphatic rings. The third kappa shape index (κ3) is 4.36. The van der Waals surface area contributed by atoms with Crippen LogP contribution in [0.4, 0.5) is 74.6 Å². The molecule has 0 saturated heterocycles. The highest BCUT2D eigenvalue weighted by atomic mass is 19.4. The second-order valence-corrected chi connectivity index (χ2v) is 6.18. The molecule has 0 bridgehead atoms. The first-order chi connectivity index (χ1) is 13.3. The van der Waals surface area contributed by atoms with E-state index >= 15 is 0 Å². The van der Waals surface area contributed by atoms with E-state index in [4.69, 9.17) is 5.11 Å². The fourth-order valence-electron chi connectivity index (χ4n) is 1.99. The minimum absolute atomic E-state index is 0.398. The number of rotatable bonds is 11. The summed E-state index contributed by atoms with van der Waals surface area (Å²) < 4.78 is 220. The van der Waals surface area contributed by atoms with Crippen molar-refractivity contribution in [1.29, 1.82) is 0 Å². The molecule has 0 fully saturated rings. The molecule has 0 amide bonds. The van der Waals surface area contributed by atoms with Crippen LogP contribution in [0.15, 0.2) is 0 Å². The molecule has 0 unspecified atom stereocenters. The summed E-state index contributed by atoms with van der Waals surface area (Å²) in [6, 6.07) is 0. The van der Waals surface area contributed by atoms with E-state index in [0.29, 0.717) is 0 Å². The average Bonchev–Trinajstić information content (AvgIpc) is 2.56. The first-order valence-electron chi connectivity index (χ1n) is 7.63. The highest BCUT2D eigenvalue weighted by Crippen LogP contribution is 2.64. The van der Waals surface area contributed by atoms with Crippen LogP contribution in [0.5, 0.6) is 0 Å². The lowest BCUT2D eigenvalue weighted by Gasteiger charge is -2.42. The quantitative estimate of drug-likeness (QED) is 0.249. The van der Waals surface area contributed by atoms with Gasteiger partial charge in [0.1, 0.15) is 0 Å². The highest BCUT2D eigenvalue weighted by Gasteiger charge is 2.95. The van der Waals surface area contributed by atoms with Gasteiger partial charge in [-0.05, 0) is 12.8 Å². The predicted octanol–water partition coefficient (Wildman–Crippen LogP) is 6.55. The number of aliphatic hydroxyl groups is 1. The van der Waals surface area contributed by atoms with Crippen molar-refractivity contribution in [1.82, 2.24) is 0 Å². The molecule has 0 aliphatic heterocycles. The highest BCUT2D eigenvalue weighted by molar-refractivity contribution is 5.15. The van der Waals surface area contributed by atoms with E-state index in [-0.39, 0.29) is 0 Å². The van der Waals surface area contributed by atoms with Crippen LogP contribution in [-0.4, -0.2) is 59.3 Å².